The summed E-state index contributed by atoms with van der Waals surface area (Å²) in [5, 5.41) is 3.94. The third-order valence-corrected chi connectivity index (χ3v) is 4.08. The van der Waals surface area contributed by atoms with Crippen LogP contribution < -0.4 is 10.1 Å². The molecule has 3 rings (SSSR count). The molecule has 1 aliphatic heterocycles. The first-order valence-electron chi connectivity index (χ1n) is 7.56. The Morgan fingerprint density at radius 2 is 1.88 bits per heavy atom. The molecule has 8 heteroatoms. The predicted octanol–water partition coefficient (Wildman–Crippen LogP) is 3.86. The molecule has 1 aromatic heterocycles. The van der Waals surface area contributed by atoms with E-state index >= 15 is 0 Å². The zero-order valence-corrected chi connectivity index (χ0v) is 14.3. The summed E-state index contributed by atoms with van der Waals surface area (Å²) in [5.74, 6) is 0. The monoisotopic (exact) mass is 366 g/mol. The van der Waals surface area contributed by atoms with Crippen LogP contribution in [0.15, 0.2) is 36.7 Å². The summed E-state index contributed by atoms with van der Waals surface area (Å²) in [6, 6.07) is 7.10. The van der Waals surface area contributed by atoms with Gasteiger partial charge in [-0.25, -0.2) is 14.8 Å². The van der Waals surface area contributed by atoms with Crippen LogP contribution in [0.25, 0.3) is 0 Å². The third kappa shape index (κ3) is 4.49. The van der Waals surface area contributed by atoms with E-state index in [0.717, 1.165) is 12.8 Å². The first-order chi connectivity index (χ1) is 11.6. The number of rotatable bonds is 3. The Balaban J connectivity index is 1.57. The van der Waals surface area contributed by atoms with Gasteiger partial charge in [-0.3, -0.25) is 0 Å². The summed E-state index contributed by atoms with van der Waals surface area (Å²) >= 11 is 11.6. The molecule has 1 atom stereocenters. The van der Waals surface area contributed by atoms with E-state index in [2.05, 4.69) is 15.3 Å². The molecule has 2 aromatic rings. The van der Waals surface area contributed by atoms with Gasteiger partial charge in [-0.1, -0.05) is 23.2 Å². The highest BCUT2D eigenvalue weighted by Gasteiger charge is 2.25. The lowest BCUT2D eigenvalue weighted by Gasteiger charge is -2.32. The van der Waals surface area contributed by atoms with Crippen LogP contribution in [0.4, 0.5) is 10.5 Å². The fourth-order valence-corrected chi connectivity index (χ4v) is 2.69. The fraction of sp³-hybridized carbons (Fsp3) is 0.312. The molecule has 0 aliphatic carbocycles. The molecule has 1 unspecified atom stereocenters. The number of anilines is 1. The lowest BCUT2D eigenvalue weighted by Crippen LogP contribution is -2.46. The van der Waals surface area contributed by atoms with E-state index in [-0.39, 0.29) is 18.1 Å². The van der Waals surface area contributed by atoms with E-state index in [1.54, 1.807) is 29.2 Å². The number of nitrogens with one attached hydrogen (secondary N) is 1. The average Bonchev–Trinajstić information content (AvgIpc) is 2.59. The van der Waals surface area contributed by atoms with E-state index in [4.69, 9.17) is 27.9 Å². The highest BCUT2D eigenvalue weighted by Crippen LogP contribution is 2.18. The summed E-state index contributed by atoms with van der Waals surface area (Å²) in [6.45, 7) is 1.16. The van der Waals surface area contributed by atoms with Gasteiger partial charge < -0.3 is 15.0 Å². The lowest BCUT2D eigenvalue weighted by atomic mass is 10.1. The summed E-state index contributed by atoms with van der Waals surface area (Å²) in [7, 11) is 0. The Labute approximate surface area is 149 Å². The fourth-order valence-electron chi connectivity index (χ4n) is 2.46. The van der Waals surface area contributed by atoms with Gasteiger partial charge in [0.25, 0.3) is 0 Å². The van der Waals surface area contributed by atoms with E-state index in [1.807, 2.05) is 0 Å². The predicted molar refractivity (Wildman–Crippen MR) is 92.7 cm³/mol. The van der Waals surface area contributed by atoms with Gasteiger partial charge in [0.1, 0.15) is 6.10 Å². The zero-order valence-electron chi connectivity index (χ0n) is 12.8. The van der Waals surface area contributed by atoms with E-state index in [9.17, 15) is 4.79 Å². The molecule has 0 spiro atoms. The number of likely N-dealkylation sites (tertiary alicyclic amines) is 1. The Morgan fingerprint density at radius 1 is 1.17 bits per heavy atom. The number of carbonyl (C=O) groups is 1. The van der Waals surface area contributed by atoms with Crippen molar-refractivity contribution in [2.45, 2.75) is 18.9 Å². The average molecular weight is 367 g/mol. The lowest BCUT2D eigenvalue weighted by molar-refractivity contribution is 0.0983. The number of halogens is 2. The topological polar surface area (TPSA) is 67.4 Å². The number of nitrogens with zero attached hydrogens (tertiary/aromatic N) is 3. The minimum absolute atomic E-state index is 0.143. The first-order valence-corrected chi connectivity index (χ1v) is 8.31. The van der Waals surface area contributed by atoms with Gasteiger partial charge in [0.15, 0.2) is 0 Å². The summed E-state index contributed by atoms with van der Waals surface area (Å²) in [5.41, 5.74) is 0.702. The molecule has 1 saturated heterocycles. The van der Waals surface area contributed by atoms with Gasteiger partial charge in [-0.2, -0.15) is 0 Å². The number of hydrogen-bond donors (Lipinski definition) is 1. The van der Waals surface area contributed by atoms with E-state index in [0.29, 0.717) is 28.8 Å². The molecule has 0 bridgehead atoms. The summed E-state index contributed by atoms with van der Waals surface area (Å²) in [6.07, 6.45) is 4.52. The minimum Gasteiger partial charge on any atom is -0.458 e. The Bertz CT molecular complexity index is 694. The van der Waals surface area contributed by atoms with Crippen molar-refractivity contribution in [2.75, 3.05) is 18.4 Å². The second kappa shape index (κ2) is 7.68. The van der Waals surface area contributed by atoms with Crippen LogP contribution in [-0.2, 0) is 0 Å². The number of carbonyl (C=O) groups excluding carboxylic acids is 1. The van der Waals surface area contributed by atoms with Crippen LogP contribution in [0.5, 0.6) is 6.01 Å². The molecule has 1 fully saturated rings. The quantitative estimate of drug-likeness (QED) is 0.895. The normalized spacial score (nSPS) is 17.4. The second-order valence-electron chi connectivity index (χ2n) is 5.45. The van der Waals surface area contributed by atoms with E-state index < -0.39 is 0 Å². The van der Waals surface area contributed by atoms with Gasteiger partial charge in [-0.15, -0.1) is 0 Å². The maximum absolute atomic E-state index is 12.4. The van der Waals surface area contributed by atoms with E-state index in [1.165, 1.54) is 12.4 Å². The maximum Gasteiger partial charge on any atom is 0.321 e. The molecular formula is C16H16Cl2N4O2. The van der Waals surface area contributed by atoms with Crippen LogP contribution in [0, 0.1) is 0 Å². The molecule has 126 valence electrons. The first kappa shape index (κ1) is 16.8. The number of benzene rings is 1. The number of aromatic nitrogens is 2. The molecule has 24 heavy (non-hydrogen) atoms. The van der Waals surface area contributed by atoms with Crippen molar-refractivity contribution in [3.63, 3.8) is 0 Å². The summed E-state index contributed by atoms with van der Waals surface area (Å²) in [4.78, 5) is 22.1. The van der Waals surface area contributed by atoms with Gasteiger partial charge in [0.2, 0.25) is 0 Å². The number of hydrogen-bond acceptors (Lipinski definition) is 4. The third-order valence-electron chi connectivity index (χ3n) is 3.63. The van der Waals surface area contributed by atoms with Crippen LogP contribution in [-0.4, -0.2) is 40.1 Å². The van der Waals surface area contributed by atoms with Gasteiger partial charge >= 0.3 is 12.0 Å². The SMILES string of the molecule is O=C(Nc1ccc(Cl)cc1)N1CCCC(Oc2ncc(Cl)cn2)C1. The van der Waals surface area contributed by atoms with Crippen molar-refractivity contribution in [1.82, 2.24) is 14.9 Å². The van der Waals surface area contributed by atoms with Crippen LogP contribution in [0.3, 0.4) is 0 Å². The van der Waals surface area contributed by atoms with Crippen molar-refractivity contribution in [1.29, 1.82) is 0 Å². The van der Waals surface area contributed by atoms with Gasteiger partial charge in [0, 0.05) is 17.3 Å². The van der Waals surface area contributed by atoms with Crippen LogP contribution >= 0.6 is 23.2 Å². The molecule has 6 nitrogen and oxygen atoms in total. The molecule has 2 heterocycles. The van der Waals surface area contributed by atoms with Crippen LogP contribution in [0.2, 0.25) is 10.0 Å². The Hall–Kier alpha value is -2.05. The molecule has 0 saturated carbocycles. The maximum atomic E-state index is 12.4. The van der Waals surface area contributed by atoms with Crippen molar-refractivity contribution >= 4 is 34.9 Å². The standard InChI is InChI=1S/C16H16Cl2N4O2/c17-11-3-5-13(6-4-11)21-16(23)22-7-1-2-14(10-22)24-15-19-8-12(18)9-20-15/h3-6,8-9,14H,1-2,7,10H2,(H,21,23). The van der Waals surface area contributed by atoms with Crippen molar-refractivity contribution < 1.29 is 9.53 Å². The largest absolute Gasteiger partial charge is 0.458 e. The molecule has 1 aliphatic rings. The molecule has 0 radical (unpaired) electrons. The molecule has 1 aromatic carbocycles. The van der Waals surface area contributed by atoms with Crippen LogP contribution in [0.1, 0.15) is 12.8 Å². The minimum atomic E-state index is -0.164. The molecule has 2 amide bonds. The van der Waals surface area contributed by atoms with Gasteiger partial charge in [0.05, 0.1) is 24.0 Å². The highest BCUT2D eigenvalue weighted by molar-refractivity contribution is 6.30. The smallest absolute Gasteiger partial charge is 0.321 e. The summed E-state index contributed by atoms with van der Waals surface area (Å²) < 4.78 is 5.74. The number of urea groups is 1. The highest BCUT2D eigenvalue weighted by atomic mass is 35.5. The Kier molecular flexibility index (Phi) is 5.37. The second-order valence-corrected chi connectivity index (χ2v) is 6.32. The number of amides is 2. The van der Waals surface area contributed by atoms with Crippen molar-refractivity contribution in [3.05, 3.63) is 46.7 Å². The van der Waals surface area contributed by atoms with Crippen molar-refractivity contribution in [3.8, 4) is 6.01 Å². The van der Waals surface area contributed by atoms with Gasteiger partial charge in [-0.05, 0) is 37.1 Å². The number of ether oxygens (including phenoxy) is 1. The van der Waals surface area contributed by atoms with Crippen molar-refractivity contribution in [2.24, 2.45) is 0 Å². The zero-order chi connectivity index (χ0) is 16.9. The molecule has 1 N–H and O–H groups in total. The number of piperidine rings is 1. The Morgan fingerprint density at radius 3 is 2.58 bits per heavy atom. The molecular weight excluding hydrogens is 351 g/mol.